The van der Waals surface area contributed by atoms with Crippen LogP contribution in [0.25, 0.3) is 0 Å². The molecule has 1 aliphatic carbocycles. The molecule has 9 heteroatoms. The summed E-state index contributed by atoms with van der Waals surface area (Å²) in [6.07, 6.45) is 4.92. The maximum atomic E-state index is 13.4. The van der Waals surface area contributed by atoms with Gasteiger partial charge in [0.1, 0.15) is 18.0 Å². The monoisotopic (exact) mass is 504 g/mol. The maximum absolute atomic E-state index is 13.4. The van der Waals surface area contributed by atoms with E-state index in [1.54, 1.807) is 45.0 Å². The number of carbonyl (C=O) groups is 2. The molecule has 0 unspecified atom stereocenters. The molecule has 1 heterocycles. The summed E-state index contributed by atoms with van der Waals surface area (Å²) in [6.45, 7) is 6.00. The summed E-state index contributed by atoms with van der Waals surface area (Å²) in [7, 11) is 0. The lowest BCUT2D eigenvalue weighted by Gasteiger charge is -2.33. The van der Waals surface area contributed by atoms with Crippen LogP contribution in [0.4, 0.5) is 0 Å². The van der Waals surface area contributed by atoms with E-state index in [2.05, 4.69) is 10.3 Å². The first-order valence-corrected chi connectivity index (χ1v) is 12.8. The second kappa shape index (κ2) is 12.1. The van der Waals surface area contributed by atoms with Crippen LogP contribution in [0.3, 0.4) is 0 Å². The SMILES string of the molecule is CC(C)(C)OC(=O)CC[C@]1(C(=O)NCC2(O)CCCCC2)COC(c2ccc(OCCCO)cc2)=N1. The molecule has 0 saturated heterocycles. The van der Waals surface area contributed by atoms with Gasteiger partial charge in [0.2, 0.25) is 5.90 Å². The van der Waals surface area contributed by atoms with Crippen molar-refractivity contribution >= 4 is 17.8 Å². The second-order valence-electron chi connectivity index (χ2n) is 10.7. The van der Waals surface area contributed by atoms with Crippen LogP contribution >= 0.6 is 0 Å². The Morgan fingerprint density at radius 3 is 2.47 bits per heavy atom. The van der Waals surface area contributed by atoms with E-state index in [4.69, 9.17) is 19.3 Å². The van der Waals surface area contributed by atoms with E-state index in [1.165, 1.54) is 0 Å². The van der Waals surface area contributed by atoms with Crippen molar-refractivity contribution in [1.29, 1.82) is 0 Å². The van der Waals surface area contributed by atoms with Crippen molar-refractivity contribution in [3.8, 4) is 5.75 Å². The molecule has 9 nitrogen and oxygen atoms in total. The Hall–Kier alpha value is -2.65. The van der Waals surface area contributed by atoms with Gasteiger partial charge in [-0.2, -0.15) is 0 Å². The number of rotatable bonds is 11. The zero-order chi connectivity index (χ0) is 26.2. The highest BCUT2D eigenvalue weighted by Crippen LogP contribution is 2.31. The lowest BCUT2D eigenvalue weighted by molar-refractivity contribution is -0.155. The molecule has 1 saturated carbocycles. The molecular weight excluding hydrogens is 464 g/mol. The van der Waals surface area contributed by atoms with Gasteiger partial charge in [0.25, 0.3) is 5.91 Å². The smallest absolute Gasteiger partial charge is 0.306 e. The fourth-order valence-corrected chi connectivity index (χ4v) is 4.40. The molecule has 1 aliphatic heterocycles. The number of aliphatic hydroxyl groups is 2. The van der Waals surface area contributed by atoms with Crippen LogP contribution in [-0.2, 0) is 19.1 Å². The zero-order valence-corrected chi connectivity index (χ0v) is 21.7. The minimum absolute atomic E-state index is 0.00668. The maximum Gasteiger partial charge on any atom is 0.306 e. The lowest BCUT2D eigenvalue weighted by Crippen LogP contribution is -2.52. The molecular formula is C27H40N2O7. The normalized spacial score (nSPS) is 21.3. The molecule has 0 aromatic heterocycles. The second-order valence-corrected chi connectivity index (χ2v) is 10.7. The van der Waals surface area contributed by atoms with Crippen molar-refractivity contribution in [2.45, 2.75) is 88.9 Å². The summed E-state index contributed by atoms with van der Waals surface area (Å²) in [5.74, 6) is 0.186. The highest BCUT2D eigenvalue weighted by molar-refractivity contribution is 6.00. The predicted octanol–water partition coefficient (Wildman–Crippen LogP) is 2.90. The van der Waals surface area contributed by atoms with Crippen LogP contribution in [0.15, 0.2) is 29.3 Å². The molecule has 1 aromatic rings. The number of nitrogens with zero attached hydrogens (tertiary/aromatic N) is 1. The minimum Gasteiger partial charge on any atom is -0.494 e. The number of carbonyl (C=O) groups excluding carboxylic acids is 2. The molecule has 1 aromatic carbocycles. The first-order valence-electron chi connectivity index (χ1n) is 12.8. The Balaban J connectivity index is 1.74. The number of hydrogen-bond acceptors (Lipinski definition) is 8. The third kappa shape index (κ3) is 7.93. The Morgan fingerprint density at radius 1 is 1.14 bits per heavy atom. The molecule has 1 atom stereocenters. The van der Waals surface area contributed by atoms with Gasteiger partial charge in [-0.25, -0.2) is 4.99 Å². The molecule has 200 valence electrons. The lowest BCUT2D eigenvalue weighted by atomic mass is 9.84. The summed E-state index contributed by atoms with van der Waals surface area (Å²) >= 11 is 0. The van der Waals surface area contributed by atoms with Gasteiger partial charge in [-0.15, -0.1) is 0 Å². The molecule has 36 heavy (non-hydrogen) atoms. The van der Waals surface area contributed by atoms with Gasteiger partial charge in [0.15, 0.2) is 5.54 Å². The van der Waals surface area contributed by atoms with Crippen molar-refractivity contribution in [3.63, 3.8) is 0 Å². The number of nitrogens with one attached hydrogen (secondary N) is 1. The number of aliphatic hydroxyl groups excluding tert-OH is 1. The van der Waals surface area contributed by atoms with E-state index in [0.29, 0.717) is 43.1 Å². The largest absolute Gasteiger partial charge is 0.494 e. The van der Waals surface area contributed by atoms with Crippen LogP contribution in [0, 0.1) is 0 Å². The summed E-state index contributed by atoms with van der Waals surface area (Å²) in [5, 5.41) is 22.6. The van der Waals surface area contributed by atoms with E-state index >= 15 is 0 Å². The van der Waals surface area contributed by atoms with Gasteiger partial charge < -0.3 is 29.7 Å². The van der Waals surface area contributed by atoms with Crippen molar-refractivity contribution in [2.24, 2.45) is 4.99 Å². The van der Waals surface area contributed by atoms with E-state index in [1.807, 2.05) is 0 Å². The highest BCUT2D eigenvalue weighted by Gasteiger charge is 2.45. The standard InChI is InChI=1S/C27H40N2O7/c1-25(2,3)36-22(31)12-15-27(24(32)28-18-26(33)13-5-4-6-14-26)19-35-23(29-27)20-8-10-21(11-9-20)34-17-7-16-30/h8-11,30,33H,4-7,12-19H2,1-3H3,(H,28,32)/t27-/m1/s1. The molecule has 1 amide bonds. The summed E-state index contributed by atoms with van der Waals surface area (Å²) in [5.41, 5.74) is -2.16. The summed E-state index contributed by atoms with van der Waals surface area (Å²) in [4.78, 5) is 30.5. The quantitative estimate of drug-likeness (QED) is 0.312. The number of benzene rings is 1. The molecule has 0 radical (unpaired) electrons. The van der Waals surface area contributed by atoms with Gasteiger partial charge in [0, 0.05) is 31.6 Å². The van der Waals surface area contributed by atoms with Crippen LogP contribution in [0.5, 0.6) is 5.75 Å². The van der Waals surface area contributed by atoms with Crippen molar-refractivity contribution < 1.29 is 34.0 Å². The fraction of sp³-hybridized carbons (Fsp3) is 0.667. The summed E-state index contributed by atoms with van der Waals surface area (Å²) < 4.78 is 16.9. The molecule has 0 spiro atoms. The molecule has 0 bridgehead atoms. The van der Waals surface area contributed by atoms with Crippen LogP contribution in [0.1, 0.15) is 77.7 Å². The molecule has 3 N–H and O–H groups in total. The average molecular weight is 505 g/mol. The van der Waals surface area contributed by atoms with Crippen molar-refractivity contribution in [3.05, 3.63) is 29.8 Å². The van der Waals surface area contributed by atoms with Crippen LogP contribution in [0.2, 0.25) is 0 Å². The highest BCUT2D eigenvalue weighted by atomic mass is 16.6. The van der Waals surface area contributed by atoms with E-state index in [0.717, 1.165) is 19.3 Å². The fourth-order valence-electron chi connectivity index (χ4n) is 4.40. The van der Waals surface area contributed by atoms with Crippen molar-refractivity contribution in [2.75, 3.05) is 26.4 Å². The van der Waals surface area contributed by atoms with E-state index in [-0.39, 0.29) is 38.5 Å². The molecule has 2 aliphatic rings. The Labute approximate surface area is 213 Å². The number of esters is 1. The predicted molar refractivity (Wildman–Crippen MR) is 135 cm³/mol. The van der Waals surface area contributed by atoms with Gasteiger partial charge >= 0.3 is 5.97 Å². The summed E-state index contributed by atoms with van der Waals surface area (Å²) in [6, 6.07) is 7.13. The topological polar surface area (TPSA) is 127 Å². The van der Waals surface area contributed by atoms with E-state index in [9.17, 15) is 14.7 Å². The van der Waals surface area contributed by atoms with Gasteiger partial charge in [0.05, 0.1) is 12.2 Å². The van der Waals surface area contributed by atoms with Gasteiger partial charge in [-0.05, 0) is 64.3 Å². The Morgan fingerprint density at radius 2 is 1.83 bits per heavy atom. The zero-order valence-electron chi connectivity index (χ0n) is 21.7. The Bertz CT molecular complexity index is 917. The minimum atomic E-state index is -1.30. The third-order valence-corrected chi connectivity index (χ3v) is 6.38. The number of hydrogen-bond donors (Lipinski definition) is 3. The van der Waals surface area contributed by atoms with Crippen molar-refractivity contribution in [1.82, 2.24) is 5.32 Å². The molecule has 1 fully saturated rings. The third-order valence-electron chi connectivity index (χ3n) is 6.38. The van der Waals surface area contributed by atoms with Gasteiger partial charge in [-0.3, -0.25) is 9.59 Å². The van der Waals surface area contributed by atoms with Crippen LogP contribution < -0.4 is 10.1 Å². The first-order chi connectivity index (χ1) is 17.0. The Kier molecular flexibility index (Phi) is 9.35. The first kappa shape index (κ1) is 27.9. The number of aliphatic imine (C=N–C) groups is 1. The van der Waals surface area contributed by atoms with E-state index < -0.39 is 22.7 Å². The van der Waals surface area contributed by atoms with Crippen LogP contribution in [-0.4, -0.2) is 71.1 Å². The molecule has 3 rings (SSSR count). The average Bonchev–Trinajstić information content (AvgIpc) is 3.27. The number of ether oxygens (including phenoxy) is 3. The number of amides is 1. The van der Waals surface area contributed by atoms with Gasteiger partial charge in [-0.1, -0.05) is 19.3 Å².